The average Bonchev–Trinajstić information content (AvgIpc) is 2.09. The molecule has 1 aliphatic rings. The Bertz CT molecular complexity index is 121. The third-order valence-electron chi connectivity index (χ3n) is 2.41. The number of rotatable bonds is 4. The van der Waals surface area contributed by atoms with E-state index >= 15 is 0 Å². The molecule has 0 radical (unpaired) electrons. The average molecular weight is 192 g/mol. The summed E-state index contributed by atoms with van der Waals surface area (Å²) in [6.45, 7) is 2.07. The summed E-state index contributed by atoms with van der Waals surface area (Å²) in [6, 6.07) is 0. The highest BCUT2D eigenvalue weighted by atomic mass is 35.5. The SMILES string of the molecule is O[C@@H]1CCCCN1CCCCCl. The molecule has 0 saturated carbocycles. The molecule has 72 valence electrons. The van der Waals surface area contributed by atoms with Crippen LogP contribution >= 0.6 is 11.6 Å². The van der Waals surface area contributed by atoms with Crippen molar-refractivity contribution in [1.82, 2.24) is 4.90 Å². The molecule has 1 fully saturated rings. The predicted octanol–water partition coefficient (Wildman–Crippen LogP) is 1.81. The van der Waals surface area contributed by atoms with Gasteiger partial charge in [0, 0.05) is 19.0 Å². The Hall–Kier alpha value is 0.210. The third-order valence-corrected chi connectivity index (χ3v) is 2.68. The molecule has 1 N–H and O–H groups in total. The van der Waals surface area contributed by atoms with Crippen molar-refractivity contribution in [3.05, 3.63) is 0 Å². The molecule has 0 bridgehead atoms. The van der Waals surface area contributed by atoms with Gasteiger partial charge in [-0.15, -0.1) is 11.6 Å². The van der Waals surface area contributed by atoms with Crippen molar-refractivity contribution >= 4 is 11.6 Å². The molecule has 0 aromatic carbocycles. The van der Waals surface area contributed by atoms with Crippen LogP contribution in [0.15, 0.2) is 0 Å². The van der Waals surface area contributed by atoms with Crippen LogP contribution in [0.25, 0.3) is 0 Å². The molecule has 1 aliphatic heterocycles. The number of nitrogens with zero attached hydrogens (tertiary/aromatic N) is 1. The molecular formula is C9H18ClNO. The standard InChI is InChI=1S/C9H18ClNO/c10-6-2-4-8-11-7-3-1-5-9(11)12/h9,12H,1-8H2/t9-/m1/s1. The zero-order valence-electron chi connectivity index (χ0n) is 7.51. The van der Waals surface area contributed by atoms with Gasteiger partial charge < -0.3 is 5.11 Å². The van der Waals surface area contributed by atoms with Gasteiger partial charge >= 0.3 is 0 Å². The number of halogens is 1. The quantitative estimate of drug-likeness (QED) is 0.541. The van der Waals surface area contributed by atoms with Crippen molar-refractivity contribution in [3.8, 4) is 0 Å². The predicted molar refractivity (Wildman–Crippen MR) is 51.4 cm³/mol. The number of aliphatic hydroxyl groups is 1. The summed E-state index contributed by atoms with van der Waals surface area (Å²) < 4.78 is 0. The van der Waals surface area contributed by atoms with Gasteiger partial charge in [0.2, 0.25) is 0 Å². The van der Waals surface area contributed by atoms with E-state index in [2.05, 4.69) is 4.90 Å². The van der Waals surface area contributed by atoms with Crippen LogP contribution in [0, 0.1) is 0 Å². The van der Waals surface area contributed by atoms with Gasteiger partial charge in [-0.25, -0.2) is 0 Å². The van der Waals surface area contributed by atoms with Crippen molar-refractivity contribution < 1.29 is 5.11 Å². The van der Waals surface area contributed by atoms with Gasteiger partial charge in [-0.3, -0.25) is 4.90 Å². The lowest BCUT2D eigenvalue weighted by atomic mass is 10.1. The van der Waals surface area contributed by atoms with E-state index in [1.54, 1.807) is 0 Å². The smallest absolute Gasteiger partial charge is 0.107 e. The van der Waals surface area contributed by atoms with Gasteiger partial charge in [-0.1, -0.05) is 0 Å². The van der Waals surface area contributed by atoms with Crippen LogP contribution in [0.4, 0.5) is 0 Å². The zero-order chi connectivity index (χ0) is 8.81. The van der Waals surface area contributed by atoms with Crippen LogP contribution in [0.3, 0.4) is 0 Å². The molecule has 1 saturated heterocycles. The van der Waals surface area contributed by atoms with Crippen LogP contribution in [0.5, 0.6) is 0 Å². The molecule has 3 heteroatoms. The second-order valence-corrected chi connectivity index (χ2v) is 3.79. The van der Waals surface area contributed by atoms with Crippen LogP contribution in [-0.4, -0.2) is 35.2 Å². The fourth-order valence-electron chi connectivity index (χ4n) is 1.64. The van der Waals surface area contributed by atoms with Crippen molar-refractivity contribution in [2.24, 2.45) is 0 Å². The maximum absolute atomic E-state index is 9.56. The van der Waals surface area contributed by atoms with Gasteiger partial charge in [0.15, 0.2) is 0 Å². The first-order valence-electron chi connectivity index (χ1n) is 4.82. The van der Waals surface area contributed by atoms with Gasteiger partial charge in [0.25, 0.3) is 0 Å². The summed E-state index contributed by atoms with van der Waals surface area (Å²) in [5, 5.41) is 9.56. The second-order valence-electron chi connectivity index (χ2n) is 3.41. The van der Waals surface area contributed by atoms with E-state index in [0.29, 0.717) is 0 Å². The van der Waals surface area contributed by atoms with E-state index in [1.807, 2.05) is 0 Å². The molecular weight excluding hydrogens is 174 g/mol. The highest BCUT2D eigenvalue weighted by Gasteiger charge is 2.18. The molecule has 0 amide bonds. The Kier molecular flexibility index (Phi) is 4.96. The molecule has 12 heavy (non-hydrogen) atoms. The van der Waals surface area contributed by atoms with Crippen LogP contribution in [-0.2, 0) is 0 Å². The first kappa shape index (κ1) is 10.3. The number of hydrogen-bond acceptors (Lipinski definition) is 2. The van der Waals surface area contributed by atoms with Crippen molar-refractivity contribution in [2.45, 2.75) is 38.3 Å². The zero-order valence-corrected chi connectivity index (χ0v) is 8.26. The number of alkyl halides is 1. The molecule has 0 aromatic rings. The van der Waals surface area contributed by atoms with Gasteiger partial charge in [-0.05, 0) is 32.1 Å². The van der Waals surface area contributed by atoms with Gasteiger partial charge in [-0.2, -0.15) is 0 Å². The Balaban J connectivity index is 2.11. The normalized spacial score (nSPS) is 26.0. The molecule has 0 unspecified atom stereocenters. The second kappa shape index (κ2) is 5.79. The Labute approximate surface area is 79.5 Å². The first-order chi connectivity index (χ1) is 5.84. The minimum absolute atomic E-state index is 0.186. The third kappa shape index (κ3) is 3.30. The summed E-state index contributed by atoms with van der Waals surface area (Å²) in [7, 11) is 0. The minimum atomic E-state index is -0.186. The number of hydrogen-bond donors (Lipinski definition) is 1. The molecule has 0 aromatic heterocycles. The van der Waals surface area contributed by atoms with Crippen molar-refractivity contribution in [2.75, 3.05) is 19.0 Å². The molecule has 1 atom stereocenters. The van der Waals surface area contributed by atoms with E-state index in [1.165, 1.54) is 12.8 Å². The van der Waals surface area contributed by atoms with Gasteiger partial charge in [0.05, 0.1) is 0 Å². The maximum Gasteiger partial charge on any atom is 0.107 e. The lowest BCUT2D eigenvalue weighted by molar-refractivity contribution is -0.0240. The number of unbranched alkanes of at least 4 members (excludes halogenated alkanes) is 1. The Morgan fingerprint density at radius 1 is 1.33 bits per heavy atom. The fraction of sp³-hybridized carbons (Fsp3) is 1.00. The van der Waals surface area contributed by atoms with E-state index in [0.717, 1.165) is 38.2 Å². The summed E-state index contributed by atoms with van der Waals surface area (Å²) in [4.78, 5) is 2.16. The molecule has 0 spiro atoms. The Morgan fingerprint density at radius 3 is 2.83 bits per heavy atom. The van der Waals surface area contributed by atoms with Gasteiger partial charge in [0.1, 0.15) is 6.23 Å². The number of piperidine rings is 1. The highest BCUT2D eigenvalue weighted by Crippen LogP contribution is 2.15. The monoisotopic (exact) mass is 191 g/mol. The van der Waals surface area contributed by atoms with Crippen molar-refractivity contribution in [3.63, 3.8) is 0 Å². The molecule has 1 rings (SSSR count). The first-order valence-corrected chi connectivity index (χ1v) is 5.36. The van der Waals surface area contributed by atoms with Crippen LogP contribution in [0.2, 0.25) is 0 Å². The van der Waals surface area contributed by atoms with Crippen LogP contribution < -0.4 is 0 Å². The van der Waals surface area contributed by atoms with Crippen LogP contribution in [0.1, 0.15) is 32.1 Å². The maximum atomic E-state index is 9.56. The van der Waals surface area contributed by atoms with E-state index in [-0.39, 0.29) is 6.23 Å². The lowest BCUT2D eigenvalue weighted by Gasteiger charge is -2.31. The molecule has 1 heterocycles. The summed E-state index contributed by atoms with van der Waals surface area (Å²) in [5.41, 5.74) is 0. The lowest BCUT2D eigenvalue weighted by Crippen LogP contribution is -2.39. The Morgan fingerprint density at radius 2 is 2.17 bits per heavy atom. The van der Waals surface area contributed by atoms with E-state index in [4.69, 9.17) is 11.6 Å². The summed E-state index contributed by atoms with van der Waals surface area (Å²) in [5.74, 6) is 0.740. The topological polar surface area (TPSA) is 23.5 Å². The summed E-state index contributed by atoms with van der Waals surface area (Å²) in [6.07, 6.45) is 5.34. The largest absolute Gasteiger partial charge is 0.378 e. The van der Waals surface area contributed by atoms with Crippen molar-refractivity contribution in [1.29, 1.82) is 0 Å². The molecule has 0 aliphatic carbocycles. The van der Waals surface area contributed by atoms with E-state index in [9.17, 15) is 5.11 Å². The fourth-order valence-corrected chi connectivity index (χ4v) is 1.83. The van der Waals surface area contributed by atoms with E-state index < -0.39 is 0 Å². The molecule has 2 nitrogen and oxygen atoms in total. The summed E-state index contributed by atoms with van der Waals surface area (Å²) >= 11 is 5.57. The number of likely N-dealkylation sites (tertiary alicyclic amines) is 1. The number of aliphatic hydroxyl groups excluding tert-OH is 1. The minimum Gasteiger partial charge on any atom is -0.378 e. The highest BCUT2D eigenvalue weighted by molar-refractivity contribution is 6.17.